The minimum Gasteiger partial charge on any atom is -0.236 e. The van der Waals surface area contributed by atoms with Crippen LogP contribution >= 0.6 is 34.2 Å². The summed E-state index contributed by atoms with van der Waals surface area (Å²) in [5, 5.41) is 1.73. The average molecular weight is 304 g/mol. The zero-order chi connectivity index (χ0) is 9.42. The monoisotopic (exact) mass is 303 g/mol. The van der Waals surface area contributed by atoms with E-state index in [4.69, 9.17) is 11.6 Å². The predicted molar refractivity (Wildman–Crippen MR) is 64.2 cm³/mol. The maximum absolute atomic E-state index is 5.86. The smallest absolute Gasteiger partial charge is 0.130 e. The Morgan fingerprint density at radius 2 is 2.08 bits per heavy atom. The number of hydrogen-bond acceptors (Lipinski definition) is 1. The molecule has 1 heterocycles. The van der Waals surface area contributed by atoms with E-state index in [0.29, 0.717) is 5.15 Å². The van der Waals surface area contributed by atoms with Crippen LogP contribution in [0.15, 0.2) is 24.3 Å². The largest absolute Gasteiger partial charge is 0.236 e. The molecule has 66 valence electrons. The van der Waals surface area contributed by atoms with Gasteiger partial charge in [0.05, 0.1) is 5.52 Å². The molecular formula is C10H7ClIN. The van der Waals surface area contributed by atoms with Gasteiger partial charge in [0, 0.05) is 8.96 Å². The van der Waals surface area contributed by atoms with Crippen molar-refractivity contribution in [3.63, 3.8) is 0 Å². The molecule has 2 rings (SSSR count). The van der Waals surface area contributed by atoms with Gasteiger partial charge in [0.2, 0.25) is 0 Å². The molecule has 0 amide bonds. The van der Waals surface area contributed by atoms with Gasteiger partial charge < -0.3 is 0 Å². The first-order chi connectivity index (χ1) is 6.16. The molecule has 0 spiro atoms. The quantitative estimate of drug-likeness (QED) is 0.533. The predicted octanol–water partition coefficient (Wildman–Crippen LogP) is 3.80. The number of pyridine rings is 1. The third-order valence-electron chi connectivity index (χ3n) is 1.95. The van der Waals surface area contributed by atoms with Gasteiger partial charge in [0.1, 0.15) is 5.15 Å². The second-order valence-electron chi connectivity index (χ2n) is 2.92. The lowest BCUT2D eigenvalue weighted by molar-refractivity contribution is 1.36. The molecule has 0 aliphatic heterocycles. The second kappa shape index (κ2) is 3.42. The van der Waals surface area contributed by atoms with Gasteiger partial charge in [-0.2, -0.15) is 0 Å². The van der Waals surface area contributed by atoms with E-state index in [1.54, 1.807) is 0 Å². The van der Waals surface area contributed by atoms with E-state index in [9.17, 15) is 0 Å². The number of hydrogen-bond donors (Lipinski definition) is 0. The molecule has 1 nitrogen and oxygen atoms in total. The zero-order valence-corrected chi connectivity index (χ0v) is 9.93. The van der Waals surface area contributed by atoms with Crippen LogP contribution in [-0.2, 0) is 0 Å². The van der Waals surface area contributed by atoms with Crippen molar-refractivity contribution in [1.29, 1.82) is 0 Å². The molecule has 0 N–H and O–H groups in total. The second-order valence-corrected chi connectivity index (χ2v) is 4.56. The van der Waals surface area contributed by atoms with Crippen LogP contribution in [0.5, 0.6) is 0 Å². The number of aryl methyl sites for hydroxylation is 1. The molecule has 0 bridgehead atoms. The molecule has 1 aromatic heterocycles. The van der Waals surface area contributed by atoms with Crippen LogP contribution in [0, 0.1) is 10.5 Å². The summed E-state index contributed by atoms with van der Waals surface area (Å²) in [6.45, 7) is 2.04. The number of aromatic nitrogens is 1. The Morgan fingerprint density at radius 1 is 1.31 bits per heavy atom. The van der Waals surface area contributed by atoms with Gasteiger partial charge in [-0.3, -0.25) is 0 Å². The van der Waals surface area contributed by atoms with Crippen molar-refractivity contribution in [2.24, 2.45) is 0 Å². The average Bonchev–Trinajstić information content (AvgIpc) is 2.02. The van der Waals surface area contributed by atoms with Crippen LogP contribution in [0.3, 0.4) is 0 Å². The van der Waals surface area contributed by atoms with Crippen molar-refractivity contribution in [2.45, 2.75) is 6.92 Å². The van der Waals surface area contributed by atoms with Crippen LogP contribution < -0.4 is 0 Å². The van der Waals surface area contributed by atoms with E-state index in [0.717, 1.165) is 5.52 Å². The molecular weight excluding hydrogens is 296 g/mol. The van der Waals surface area contributed by atoms with Crippen LogP contribution in [0.2, 0.25) is 5.15 Å². The van der Waals surface area contributed by atoms with Crippen molar-refractivity contribution in [3.05, 3.63) is 38.6 Å². The lowest BCUT2D eigenvalue weighted by atomic mass is 10.1. The van der Waals surface area contributed by atoms with Gasteiger partial charge >= 0.3 is 0 Å². The SMILES string of the molecule is Cc1cc(Cl)nc2cc(I)ccc12. The summed E-state index contributed by atoms with van der Waals surface area (Å²) in [7, 11) is 0. The third-order valence-corrected chi connectivity index (χ3v) is 2.81. The number of rotatable bonds is 0. The summed E-state index contributed by atoms with van der Waals surface area (Å²) in [4.78, 5) is 4.26. The summed E-state index contributed by atoms with van der Waals surface area (Å²) >= 11 is 8.13. The number of benzene rings is 1. The molecule has 2 aromatic rings. The van der Waals surface area contributed by atoms with Gasteiger partial charge in [-0.1, -0.05) is 17.7 Å². The topological polar surface area (TPSA) is 12.9 Å². The summed E-state index contributed by atoms with van der Waals surface area (Å²) in [5.74, 6) is 0. The Kier molecular flexibility index (Phi) is 2.43. The van der Waals surface area contributed by atoms with Gasteiger partial charge in [0.15, 0.2) is 0 Å². The molecule has 13 heavy (non-hydrogen) atoms. The van der Waals surface area contributed by atoms with Gasteiger partial charge in [-0.25, -0.2) is 4.98 Å². The molecule has 3 heteroatoms. The molecule has 0 fully saturated rings. The van der Waals surface area contributed by atoms with E-state index in [2.05, 4.69) is 39.7 Å². The minimum atomic E-state index is 0.562. The van der Waals surface area contributed by atoms with Gasteiger partial charge in [0.25, 0.3) is 0 Å². The fourth-order valence-electron chi connectivity index (χ4n) is 1.33. The van der Waals surface area contributed by atoms with Crippen molar-refractivity contribution >= 4 is 45.1 Å². The first-order valence-electron chi connectivity index (χ1n) is 3.89. The lowest BCUT2D eigenvalue weighted by Gasteiger charge is -2.02. The van der Waals surface area contributed by atoms with Gasteiger partial charge in [-0.05, 0) is 53.3 Å². The molecule has 1 aromatic carbocycles. The number of fused-ring (bicyclic) bond motifs is 1. The van der Waals surface area contributed by atoms with E-state index < -0.39 is 0 Å². The Bertz CT molecular complexity index is 462. The van der Waals surface area contributed by atoms with Crippen molar-refractivity contribution in [1.82, 2.24) is 4.98 Å². The molecule has 0 aliphatic carbocycles. The highest BCUT2D eigenvalue weighted by Crippen LogP contribution is 2.21. The maximum atomic E-state index is 5.86. The van der Waals surface area contributed by atoms with Crippen LogP contribution in [0.25, 0.3) is 10.9 Å². The van der Waals surface area contributed by atoms with Crippen molar-refractivity contribution in [3.8, 4) is 0 Å². The molecule has 0 saturated carbocycles. The summed E-state index contributed by atoms with van der Waals surface area (Å²) in [6, 6.07) is 8.08. The number of nitrogens with zero attached hydrogens (tertiary/aromatic N) is 1. The fraction of sp³-hybridized carbons (Fsp3) is 0.100. The highest BCUT2D eigenvalue weighted by Gasteiger charge is 2.00. The van der Waals surface area contributed by atoms with Crippen LogP contribution in [0.1, 0.15) is 5.56 Å². The molecule has 0 aliphatic rings. The minimum absolute atomic E-state index is 0.562. The summed E-state index contributed by atoms with van der Waals surface area (Å²) in [5.41, 5.74) is 2.14. The molecule has 0 atom stereocenters. The molecule has 0 radical (unpaired) electrons. The Balaban J connectivity index is 2.86. The molecule has 0 saturated heterocycles. The number of halogens is 2. The highest BCUT2D eigenvalue weighted by molar-refractivity contribution is 14.1. The van der Waals surface area contributed by atoms with E-state index >= 15 is 0 Å². The van der Waals surface area contributed by atoms with Crippen molar-refractivity contribution in [2.75, 3.05) is 0 Å². The first kappa shape index (κ1) is 9.21. The summed E-state index contributed by atoms with van der Waals surface area (Å²) < 4.78 is 1.18. The van der Waals surface area contributed by atoms with Gasteiger partial charge in [-0.15, -0.1) is 0 Å². The Hall–Kier alpha value is -0.350. The fourth-order valence-corrected chi connectivity index (χ4v) is 2.06. The maximum Gasteiger partial charge on any atom is 0.130 e. The Labute approximate surface area is 95.3 Å². The zero-order valence-electron chi connectivity index (χ0n) is 7.01. The highest BCUT2D eigenvalue weighted by atomic mass is 127. The van der Waals surface area contributed by atoms with Crippen LogP contribution in [-0.4, -0.2) is 4.98 Å². The standard InChI is InChI=1S/C10H7ClIN/c1-6-4-10(11)13-9-5-7(12)2-3-8(6)9/h2-5H,1H3. The molecule has 0 unspecified atom stereocenters. The normalized spacial score (nSPS) is 10.7. The van der Waals surface area contributed by atoms with E-state index in [-0.39, 0.29) is 0 Å². The third kappa shape index (κ3) is 1.79. The summed E-state index contributed by atoms with van der Waals surface area (Å²) in [6.07, 6.45) is 0. The van der Waals surface area contributed by atoms with E-state index in [1.807, 2.05) is 19.1 Å². The Morgan fingerprint density at radius 3 is 2.85 bits per heavy atom. The lowest BCUT2D eigenvalue weighted by Crippen LogP contribution is -1.84. The van der Waals surface area contributed by atoms with Crippen molar-refractivity contribution < 1.29 is 0 Å². The first-order valence-corrected chi connectivity index (χ1v) is 5.35. The van der Waals surface area contributed by atoms with Crippen LogP contribution in [0.4, 0.5) is 0 Å². The van der Waals surface area contributed by atoms with E-state index in [1.165, 1.54) is 14.5 Å².